The quantitative estimate of drug-likeness (QED) is 0.565. The van der Waals surface area contributed by atoms with Crippen LogP contribution in [0.25, 0.3) is 11.1 Å². The molecule has 0 spiro atoms. The van der Waals surface area contributed by atoms with Crippen LogP contribution in [0.4, 0.5) is 4.39 Å². The Morgan fingerprint density at radius 3 is 2.12 bits per heavy atom. The molecule has 166 valence electrons. The number of likely N-dealkylation sites (tertiary alicyclic amines) is 1. The summed E-state index contributed by atoms with van der Waals surface area (Å²) in [6.07, 6.45) is 1.57. The van der Waals surface area contributed by atoms with Gasteiger partial charge in [-0.2, -0.15) is 0 Å². The number of aryl methyl sites for hydroxylation is 1. The molecule has 1 unspecified atom stereocenters. The van der Waals surface area contributed by atoms with Crippen molar-refractivity contribution in [2.75, 3.05) is 19.6 Å². The third-order valence-electron chi connectivity index (χ3n) is 6.45. The van der Waals surface area contributed by atoms with Crippen molar-refractivity contribution in [3.8, 4) is 11.1 Å². The Hall–Kier alpha value is -2.82. The topological polar surface area (TPSA) is 40.5 Å². The molecule has 1 heterocycles. The van der Waals surface area contributed by atoms with Gasteiger partial charge < -0.3 is 5.11 Å². The molecule has 1 aliphatic heterocycles. The van der Waals surface area contributed by atoms with Crippen molar-refractivity contribution in [1.29, 1.82) is 0 Å². The molecular weight excluding hydrogens is 401 g/mol. The minimum atomic E-state index is -0.278. The molecule has 1 N–H and O–H groups in total. The number of aliphatic hydroxyl groups excluding tert-OH is 1. The van der Waals surface area contributed by atoms with Crippen molar-refractivity contribution >= 4 is 5.78 Å². The maximum Gasteiger partial charge on any atom is 0.176 e. The number of halogens is 1. The van der Waals surface area contributed by atoms with E-state index in [-0.39, 0.29) is 17.7 Å². The summed E-state index contributed by atoms with van der Waals surface area (Å²) in [6.45, 7) is 4.30. The predicted molar refractivity (Wildman–Crippen MR) is 126 cm³/mol. The third-order valence-corrected chi connectivity index (χ3v) is 6.45. The van der Waals surface area contributed by atoms with Gasteiger partial charge in [-0.15, -0.1) is 0 Å². The van der Waals surface area contributed by atoms with Crippen molar-refractivity contribution in [3.05, 3.63) is 95.8 Å². The summed E-state index contributed by atoms with van der Waals surface area (Å²) < 4.78 is 13.4. The molecular formula is C28H30FNO2. The van der Waals surface area contributed by atoms with Crippen molar-refractivity contribution in [2.45, 2.75) is 25.9 Å². The fourth-order valence-electron chi connectivity index (χ4n) is 4.86. The van der Waals surface area contributed by atoms with Gasteiger partial charge in [-0.1, -0.05) is 66.2 Å². The molecule has 3 aromatic carbocycles. The summed E-state index contributed by atoms with van der Waals surface area (Å²) in [5.74, 6) is 0.877. The van der Waals surface area contributed by atoms with Gasteiger partial charge in [-0.05, 0) is 60.9 Å². The maximum atomic E-state index is 13.4. The third kappa shape index (κ3) is 5.70. The van der Waals surface area contributed by atoms with E-state index in [2.05, 4.69) is 24.0 Å². The van der Waals surface area contributed by atoms with Crippen LogP contribution in [0.5, 0.6) is 0 Å². The first kappa shape index (κ1) is 22.4. The number of carbonyl (C=O) groups excluding carboxylic acids is 1. The fraction of sp³-hybridized carbons (Fsp3) is 0.321. The second-order valence-corrected chi connectivity index (χ2v) is 9.01. The molecule has 1 saturated heterocycles. The first-order valence-electron chi connectivity index (χ1n) is 11.3. The number of fused-ring (bicyclic) bond motifs is 1. The average molecular weight is 432 g/mol. The Morgan fingerprint density at radius 2 is 1.53 bits per heavy atom. The van der Waals surface area contributed by atoms with Gasteiger partial charge in [-0.25, -0.2) is 4.39 Å². The summed E-state index contributed by atoms with van der Waals surface area (Å²) in [4.78, 5) is 14.9. The first-order valence-corrected chi connectivity index (χ1v) is 11.3. The smallest absolute Gasteiger partial charge is 0.176 e. The van der Waals surface area contributed by atoms with Crippen LogP contribution in [0.1, 0.15) is 28.8 Å². The largest absolute Gasteiger partial charge is 0.393 e. The minimum absolute atomic E-state index is 0.0961. The van der Waals surface area contributed by atoms with E-state index in [9.17, 15) is 14.3 Å². The average Bonchev–Trinajstić information content (AvgIpc) is 3.31. The summed E-state index contributed by atoms with van der Waals surface area (Å²) in [6, 6.07) is 24.1. The zero-order chi connectivity index (χ0) is 22.5. The molecule has 3 aromatic rings. The number of rotatable bonds is 4. The summed E-state index contributed by atoms with van der Waals surface area (Å²) >= 11 is 0. The van der Waals surface area contributed by atoms with Crippen LogP contribution in [0, 0.1) is 24.6 Å². The summed E-state index contributed by atoms with van der Waals surface area (Å²) in [5, 5.41) is 9.73. The van der Waals surface area contributed by atoms with Gasteiger partial charge in [0.25, 0.3) is 0 Å². The van der Waals surface area contributed by atoms with Gasteiger partial charge in [0.15, 0.2) is 5.78 Å². The Balaban J connectivity index is 0.000000300. The van der Waals surface area contributed by atoms with Crippen LogP contribution >= 0.6 is 0 Å². The van der Waals surface area contributed by atoms with Crippen molar-refractivity contribution in [1.82, 2.24) is 4.90 Å². The molecule has 5 rings (SSSR count). The van der Waals surface area contributed by atoms with E-state index in [1.54, 1.807) is 6.07 Å². The van der Waals surface area contributed by atoms with Gasteiger partial charge in [-0.3, -0.25) is 9.69 Å². The molecule has 0 radical (unpaired) electrons. The molecule has 2 fully saturated rings. The molecule has 4 heteroatoms. The highest BCUT2D eigenvalue weighted by Gasteiger charge is 2.40. The lowest BCUT2D eigenvalue weighted by molar-refractivity contribution is 0.0935. The molecule has 0 amide bonds. The number of hydrogen-bond acceptors (Lipinski definition) is 3. The fourth-order valence-corrected chi connectivity index (χ4v) is 4.86. The summed E-state index contributed by atoms with van der Waals surface area (Å²) in [5.41, 5.74) is 3.62. The van der Waals surface area contributed by atoms with Crippen molar-refractivity contribution in [3.63, 3.8) is 0 Å². The van der Waals surface area contributed by atoms with Crippen molar-refractivity contribution < 1.29 is 14.3 Å². The number of Topliss-reactive ketones (excluding diaryl/α,β-unsaturated/α-hetero) is 1. The van der Waals surface area contributed by atoms with E-state index in [0.717, 1.165) is 37.1 Å². The molecule has 3 atom stereocenters. The number of benzene rings is 3. The zero-order valence-corrected chi connectivity index (χ0v) is 18.5. The Morgan fingerprint density at radius 1 is 0.906 bits per heavy atom. The van der Waals surface area contributed by atoms with E-state index in [4.69, 9.17) is 0 Å². The van der Waals surface area contributed by atoms with Gasteiger partial charge in [0.1, 0.15) is 5.82 Å². The monoisotopic (exact) mass is 431 g/mol. The SMILES string of the molecule is Cc1ccccc1.O=C(CN1C[C@H]2CC(O)C[C@H]2C1)c1cccc(-c2cccc(F)c2)c1. The van der Waals surface area contributed by atoms with Crippen LogP contribution in [-0.4, -0.2) is 41.5 Å². The van der Waals surface area contributed by atoms with Gasteiger partial charge in [0.05, 0.1) is 12.6 Å². The van der Waals surface area contributed by atoms with Gasteiger partial charge in [0, 0.05) is 18.7 Å². The number of ketones is 1. The van der Waals surface area contributed by atoms with Crippen molar-refractivity contribution in [2.24, 2.45) is 11.8 Å². The first-order chi connectivity index (χ1) is 15.5. The normalized spacial score (nSPS) is 22.2. The molecule has 0 bridgehead atoms. The van der Waals surface area contributed by atoms with Crippen LogP contribution in [-0.2, 0) is 0 Å². The minimum Gasteiger partial charge on any atom is -0.393 e. The lowest BCUT2D eigenvalue weighted by Crippen LogP contribution is -2.29. The number of aliphatic hydroxyl groups is 1. The molecule has 1 aliphatic carbocycles. The molecule has 1 saturated carbocycles. The highest BCUT2D eigenvalue weighted by atomic mass is 19.1. The number of carbonyl (C=O) groups is 1. The lowest BCUT2D eigenvalue weighted by atomic mass is 10.0. The Kier molecular flexibility index (Phi) is 7.13. The number of hydrogen-bond donors (Lipinski definition) is 1. The highest BCUT2D eigenvalue weighted by Crippen LogP contribution is 2.38. The lowest BCUT2D eigenvalue weighted by Gasteiger charge is -2.17. The van der Waals surface area contributed by atoms with E-state index in [1.807, 2.05) is 48.5 Å². The van der Waals surface area contributed by atoms with Gasteiger partial charge in [0.2, 0.25) is 0 Å². The highest BCUT2D eigenvalue weighted by molar-refractivity contribution is 5.98. The van der Waals surface area contributed by atoms with Crippen LogP contribution < -0.4 is 0 Å². The van der Waals surface area contributed by atoms with Crippen LogP contribution in [0.15, 0.2) is 78.9 Å². The van der Waals surface area contributed by atoms with Crippen LogP contribution in [0.2, 0.25) is 0 Å². The zero-order valence-electron chi connectivity index (χ0n) is 18.5. The Labute approximate surface area is 189 Å². The molecule has 3 nitrogen and oxygen atoms in total. The maximum absolute atomic E-state index is 13.4. The van der Waals surface area contributed by atoms with E-state index in [0.29, 0.717) is 23.9 Å². The van der Waals surface area contributed by atoms with E-state index in [1.165, 1.54) is 17.7 Å². The van der Waals surface area contributed by atoms with Crippen LogP contribution in [0.3, 0.4) is 0 Å². The number of nitrogens with zero attached hydrogens (tertiary/aromatic N) is 1. The Bertz CT molecular complexity index is 1040. The molecule has 32 heavy (non-hydrogen) atoms. The molecule has 0 aromatic heterocycles. The second kappa shape index (κ2) is 10.2. The predicted octanol–water partition coefficient (Wildman–Crippen LogP) is 5.37. The standard InChI is InChI=1S/C21H22FNO2.C7H8/c22-19-6-2-4-15(8-19)14-3-1-5-16(7-14)21(25)13-23-11-17-9-20(24)10-18(17)12-23;1-7-5-3-2-4-6-7/h1-8,17-18,20,24H,9-13H2;2-6H,1H3/t17-,18+,20?;. The van der Waals surface area contributed by atoms with Gasteiger partial charge >= 0.3 is 0 Å². The summed E-state index contributed by atoms with van der Waals surface area (Å²) in [7, 11) is 0. The van der Waals surface area contributed by atoms with E-state index < -0.39 is 0 Å². The second-order valence-electron chi connectivity index (χ2n) is 9.01. The van der Waals surface area contributed by atoms with E-state index >= 15 is 0 Å². The molecule has 2 aliphatic rings.